The molecule has 0 aliphatic heterocycles. The van der Waals surface area contributed by atoms with E-state index in [2.05, 4.69) is 9.97 Å². The highest BCUT2D eigenvalue weighted by Gasteiger charge is 2.02. The third-order valence-corrected chi connectivity index (χ3v) is 2.42. The molecule has 0 aliphatic carbocycles. The fraction of sp³-hybridized carbons (Fsp3) is 0.167. The fourth-order valence-corrected chi connectivity index (χ4v) is 1.55. The first kappa shape index (κ1) is 9.65. The van der Waals surface area contributed by atoms with Crippen LogP contribution in [0.1, 0.15) is 11.1 Å². The second-order valence-electron chi connectivity index (χ2n) is 3.59. The molecule has 2 heterocycles. The Morgan fingerprint density at radius 3 is 2.73 bits per heavy atom. The minimum Gasteiger partial charge on any atom is -0.328 e. The van der Waals surface area contributed by atoms with E-state index in [1.807, 2.05) is 25.3 Å². The molecular weight excluding hydrogens is 188 g/mol. The van der Waals surface area contributed by atoms with E-state index in [0.29, 0.717) is 0 Å². The number of nitrogens with one attached hydrogen (secondary N) is 1. The van der Waals surface area contributed by atoms with Gasteiger partial charge in [-0.15, -0.1) is 0 Å². The molecule has 2 aromatic heterocycles. The maximum atomic E-state index is 11.2. The Morgan fingerprint density at radius 2 is 2.07 bits per heavy atom. The molecule has 3 nitrogen and oxygen atoms in total. The van der Waals surface area contributed by atoms with Gasteiger partial charge in [-0.3, -0.25) is 9.78 Å². The molecule has 0 saturated heterocycles. The number of aryl methyl sites for hydroxylation is 2. The van der Waals surface area contributed by atoms with E-state index < -0.39 is 0 Å². The Morgan fingerprint density at radius 1 is 1.27 bits per heavy atom. The molecule has 0 bridgehead atoms. The summed E-state index contributed by atoms with van der Waals surface area (Å²) >= 11 is 0. The summed E-state index contributed by atoms with van der Waals surface area (Å²) in [7, 11) is 0. The van der Waals surface area contributed by atoms with E-state index in [1.54, 1.807) is 19.3 Å². The van der Waals surface area contributed by atoms with Crippen LogP contribution in [0.4, 0.5) is 0 Å². The van der Waals surface area contributed by atoms with E-state index in [0.717, 1.165) is 22.3 Å². The van der Waals surface area contributed by atoms with Crippen molar-refractivity contribution in [3.05, 3.63) is 52.2 Å². The molecule has 0 amide bonds. The second-order valence-corrected chi connectivity index (χ2v) is 3.59. The molecular formula is C12H12N2O. The van der Waals surface area contributed by atoms with Gasteiger partial charge in [0.15, 0.2) is 0 Å². The van der Waals surface area contributed by atoms with Crippen molar-refractivity contribution in [2.45, 2.75) is 13.8 Å². The third-order valence-electron chi connectivity index (χ3n) is 2.42. The molecule has 0 radical (unpaired) electrons. The fourth-order valence-electron chi connectivity index (χ4n) is 1.55. The van der Waals surface area contributed by atoms with Gasteiger partial charge in [-0.1, -0.05) is 0 Å². The third kappa shape index (κ3) is 1.81. The van der Waals surface area contributed by atoms with Crippen LogP contribution in [-0.4, -0.2) is 9.97 Å². The molecule has 1 N–H and O–H groups in total. The van der Waals surface area contributed by atoms with E-state index in [9.17, 15) is 4.79 Å². The van der Waals surface area contributed by atoms with Crippen LogP contribution in [0.5, 0.6) is 0 Å². The normalized spacial score (nSPS) is 10.3. The minimum atomic E-state index is -0.0366. The van der Waals surface area contributed by atoms with Gasteiger partial charge in [0.1, 0.15) is 0 Å². The predicted octanol–water partition coefficient (Wildman–Crippen LogP) is 2.05. The van der Waals surface area contributed by atoms with Crippen molar-refractivity contribution in [3.63, 3.8) is 0 Å². The summed E-state index contributed by atoms with van der Waals surface area (Å²) in [6.45, 7) is 3.81. The molecule has 3 heteroatoms. The Bertz CT molecular complexity index is 543. The molecule has 0 fully saturated rings. The Labute approximate surface area is 87.8 Å². The summed E-state index contributed by atoms with van der Waals surface area (Å²) in [6, 6.07) is 3.84. The summed E-state index contributed by atoms with van der Waals surface area (Å²) in [4.78, 5) is 18.0. The quantitative estimate of drug-likeness (QED) is 0.765. The summed E-state index contributed by atoms with van der Waals surface area (Å²) in [6.07, 6.45) is 5.30. The van der Waals surface area contributed by atoms with Gasteiger partial charge in [-0.25, -0.2) is 0 Å². The summed E-state index contributed by atoms with van der Waals surface area (Å²) in [5.74, 6) is 0. The van der Waals surface area contributed by atoms with Crippen molar-refractivity contribution in [2.75, 3.05) is 0 Å². The zero-order valence-electron chi connectivity index (χ0n) is 8.74. The van der Waals surface area contributed by atoms with Gasteiger partial charge in [0.2, 0.25) is 0 Å². The topological polar surface area (TPSA) is 45.8 Å². The van der Waals surface area contributed by atoms with Gasteiger partial charge in [0.05, 0.1) is 0 Å². The Hall–Kier alpha value is -1.90. The van der Waals surface area contributed by atoms with Crippen molar-refractivity contribution in [2.24, 2.45) is 0 Å². The number of pyridine rings is 2. The summed E-state index contributed by atoms with van der Waals surface area (Å²) in [5.41, 5.74) is 3.91. The SMILES string of the molecule is Cc1cnccc1-c1c[nH]c(=O)c(C)c1. The number of aromatic amines is 1. The molecule has 2 aromatic rings. The van der Waals surface area contributed by atoms with E-state index >= 15 is 0 Å². The van der Waals surface area contributed by atoms with Gasteiger partial charge in [0, 0.05) is 24.2 Å². The van der Waals surface area contributed by atoms with Crippen LogP contribution in [0.3, 0.4) is 0 Å². The van der Waals surface area contributed by atoms with Crippen molar-refractivity contribution in [1.82, 2.24) is 9.97 Å². The lowest BCUT2D eigenvalue weighted by molar-refractivity contribution is 1.18. The zero-order chi connectivity index (χ0) is 10.8. The Kier molecular flexibility index (Phi) is 2.37. The summed E-state index contributed by atoms with van der Waals surface area (Å²) < 4.78 is 0. The molecule has 0 aromatic carbocycles. The lowest BCUT2D eigenvalue weighted by atomic mass is 10.0. The lowest BCUT2D eigenvalue weighted by Gasteiger charge is -2.05. The van der Waals surface area contributed by atoms with Crippen molar-refractivity contribution < 1.29 is 0 Å². The highest BCUT2D eigenvalue weighted by atomic mass is 16.1. The molecule has 2 rings (SSSR count). The maximum Gasteiger partial charge on any atom is 0.250 e. The van der Waals surface area contributed by atoms with Crippen molar-refractivity contribution in [1.29, 1.82) is 0 Å². The van der Waals surface area contributed by atoms with Crippen LogP contribution in [0, 0.1) is 13.8 Å². The largest absolute Gasteiger partial charge is 0.328 e. The number of aromatic nitrogens is 2. The molecule has 0 aliphatic rings. The van der Waals surface area contributed by atoms with Crippen LogP contribution < -0.4 is 5.56 Å². The van der Waals surface area contributed by atoms with Crippen LogP contribution in [0.25, 0.3) is 11.1 Å². The van der Waals surface area contributed by atoms with Crippen molar-refractivity contribution >= 4 is 0 Å². The van der Waals surface area contributed by atoms with Gasteiger partial charge in [-0.2, -0.15) is 0 Å². The smallest absolute Gasteiger partial charge is 0.250 e. The molecule has 0 spiro atoms. The number of hydrogen-bond donors (Lipinski definition) is 1. The number of nitrogens with zero attached hydrogens (tertiary/aromatic N) is 1. The van der Waals surface area contributed by atoms with Gasteiger partial charge in [0.25, 0.3) is 5.56 Å². The Balaban J connectivity index is 2.60. The first-order valence-corrected chi connectivity index (χ1v) is 4.79. The second kappa shape index (κ2) is 3.69. The first-order chi connectivity index (χ1) is 7.18. The van der Waals surface area contributed by atoms with E-state index in [1.165, 1.54) is 0 Å². The summed E-state index contributed by atoms with van der Waals surface area (Å²) in [5, 5.41) is 0. The molecule has 0 atom stereocenters. The molecule has 0 unspecified atom stereocenters. The number of hydrogen-bond acceptors (Lipinski definition) is 2. The molecule has 0 saturated carbocycles. The lowest BCUT2D eigenvalue weighted by Crippen LogP contribution is -2.08. The standard InChI is InChI=1S/C12H12N2O/c1-8-5-10(7-14-12(8)15)11-3-4-13-6-9(11)2/h3-7H,1-2H3,(H,14,15). The van der Waals surface area contributed by atoms with Crippen LogP contribution in [0.2, 0.25) is 0 Å². The average molecular weight is 200 g/mol. The molecule has 15 heavy (non-hydrogen) atoms. The predicted molar refractivity (Wildman–Crippen MR) is 59.8 cm³/mol. The van der Waals surface area contributed by atoms with Crippen LogP contribution >= 0.6 is 0 Å². The van der Waals surface area contributed by atoms with Crippen LogP contribution in [0.15, 0.2) is 35.5 Å². The van der Waals surface area contributed by atoms with Gasteiger partial charge < -0.3 is 4.98 Å². The van der Waals surface area contributed by atoms with E-state index in [-0.39, 0.29) is 5.56 Å². The van der Waals surface area contributed by atoms with Gasteiger partial charge in [-0.05, 0) is 42.7 Å². The zero-order valence-corrected chi connectivity index (χ0v) is 8.74. The first-order valence-electron chi connectivity index (χ1n) is 4.79. The molecule has 76 valence electrons. The highest BCUT2D eigenvalue weighted by Crippen LogP contribution is 2.20. The monoisotopic (exact) mass is 200 g/mol. The number of rotatable bonds is 1. The maximum absolute atomic E-state index is 11.2. The number of H-pyrrole nitrogens is 1. The minimum absolute atomic E-state index is 0.0366. The van der Waals surface area contributed by atoms with E-state index in [4.69, 9.17) is 0 Å². The van der Waals surface area contributed by atoms with Crippen LogP contribution in [-0.2, 0) is 0 Å². The average Bonchev–Trinajstić information content (AvgIpc) is 2.23. The van der Waals surface area contributed by atoms with Crippen molar-refractivity contribution in [3.8, 4) is 11.1 Å². The van der Waals surface area contributed by atoms with Gasteiger partial charge >= 0.3 is 0 Å². The highest BCUT2D eigenvalue weighted by molar-refractivity contribution is 5.65.